The van der Waals surface area contributed by atoms with Gasteiger partial charge in [-0.15, -0.1) is 0 Å². The van der Waals surface area contributed by atoms with E-state index in [2.05, 4.69) is 27.2 Å². The Morgan fingerprint density at radius 1 is 0.964 bits per heavy atom. The van der Waals surface area contributed by atoms with Gasteiger partial charge in [-0.1, -0.05) is 61.3 Å². The first-order valence-corrected chi connectivity index (χ1v) is 18.2. The number of unbranched alkanes of at least 4 members (excludes halogenated alkanes) is 1. The van der Waals surface area contributed by atoms with Crippen LogP contribution >= 0.6 is 11.6 Å². The molecule has 8 nitrogen and oxygen atoms in total. The molecule has 0 radical (unpaired) electrons. The predicted octanol–water partition coefficient (Wildman–Crippen LogP) is 9.13. The number of para-hydroxylation sites is 1. The Balaban J connectivity index is 1.37. The van der Waals surface area contributed by atoms with Gasteiger partial charge in [-0.3, -0.25) is 9.69 Å². The number of nitrogens with zero attached hydrogens (tertiary/aromatic N) is 2. The summed E-state index contributed by atoms with van der Waals surface area (Å²) in [5.74, 6) is -2.61. The standard InChI is InChI=1S/C42H38ClF4N3O5/c1-2-3-20-54-39(52)15-12-27-8-7-9-28(21-27)40-32-22-29(26-49-16-18-50(19-17-49)31-10-5-4-6-11-31)35(43)25-37(32)55-41(53)33(40)24-38(51)48-36-14-13-30(44)23-34(36)42(45,46)47/h4-15,21-23,25H,2-3,16-20,24,26H2,1H3,(H,48,51). The number of esters is 1. The molecule has 1 aromatic heterocycles. The van der Waals surface area contributed by atoms with Crippen molar-refractivity contribution in [1.29, 1.82) is 0 Å². The van der Waals surface area contributed by atoms with Crippen LogP contribution in [-0.2, 0) is 33.5 Å². The van der Waals surface area contributed by atoms with Gasteiger partial charge in [-0.05, 0) is 71.7 Å². The molecule has 1 aliphatic rings. The summed E-state index contributed by atoms with van der Waals surface area (Å²) in [7, 11) is 0. The van der Waals surface area contributed by atoms with Crippen LogP contribution in [0.25, 0.3) is 28.2 Å². The molecule has 286 valence electrons. The number of alkyl halides is 3. The lowest BCUT2D eigenvalue weighted by atomic mass is 9.93. The molecule has 0 unspecified atom stereocenters. The van der Waals surface area contributed by atoms with Crippen molar-refractivity contribution in [3.63, 3.8) is 0 Å². The Kier molecular flexibility index (Phi) is 12.4. The predicted molar refractivity (Wildman–Crippen MR) is 205 cm³/mol. The van der Waals surface area contributed by atoms with E-state index in [1.807, 2.05) is 25.1 Å². The Hall–Kier alpha value is -5.46. The molecule has 1 aliphatic heterocycles. The average molecular weight is 776 g/mol. The van der Waals surface area contributed by atoms with E-state index < -0.39 is 47.2 Å². The number of nitrogens with one attached hydrogen (secondary N) is 1. The second kappa shape index (κ2) is 17.3. The molecule has 0 saturated carbocycles. The molecule has 4 aromatic carbocycles. The number of anilines is 2. The first-order valence-electron chi connectivity index (χ1n) is 17.8. The summed E-state index contributed by atoms with van der Waals surface area (Å²) in [6, 6.07) is 22.2. The van der Waals surface area contributed by atoms with Crippen LogP contribution in [0.2, 0.25) is 5.02 Å². The van der Waals surface area contributed by atoms with Crippen LogP contribution in [0.1, 0.15) is 42.0 Å². The number of halogens is 5. The van der Waals surface area contributed by atoms with E-state index in [1.54, 1.807) is 42.5 Å². The van der Waals surface area contributed by atoms with Gasteiger partial charge in [0.25, 0.3) is 0 Å². The van der Waals surface area contributed by atoms with Gasteiger partial charge in [0.2, 0.25) is 5.91 Å². The fourth-order valence-electron chi connectivity index (χ4n) is 6.50. The maximum atomic E-state index is 13.8. The van der Waals surface area contributed by atoms with E-state index in [0.717, 1.165) is 62.4 Å². The SMILES string of the molecule is CCCCOC(=O)C=Cc1cccc(-c2c(CC(=O)Nc3ccc(F)cc3C(F)(F)F)c(=O)oc3cc(Cl)c(CN4CCN(c5ccccc5)CC4)cc23)c1. The summed E-state index contributed by atoms with van der Waals surface area (Å²) in [5.41, 5.74) is 0.335. The molecule has 1 amide bonds. The van der Waals surface area contributed by atoms with Crippen molar-refractivity contribution in [2.45, 2.75) is 38.9 Å². The highest BCUT2D eigenvalue weighted by molar-refractivity contribution is 6.32. The molecule has 5 aromatic rings. The average Bonchev–Trinajstić information content (AvgIpc) is 3.16. The number of ether oxygens (including phenoxy) is 1. The number of hydrogen-bond donors (Lipinski definition) is 1. The monoisotopic (exact) mass is 775 g/mol. The van der Waals surface area contributed by atoms with Crippen molar-refractivity contribution < 1.29 is 36.3 Å². The highest BCUT2D eigenvalue weighted by Crippen LogP contribution is 2.37. The normalized spacial score (nSPS) is 13.7. The van der Waals surface area contributed by atoms with Gasteiger partial charge in [-0.25, -0.2) is 14.0 Å². The third-order valence-corrected chi connectivity index (χ3v) is 9.64. The molecular weight excluding hydrogens is 738 g/mol. The minimum Gasteiger partial charge on any atom is -0.463 e. The summed E-state index contributed by atoms with van der Waals surface area (Å²) in [5, 5.41) is 3.02. The van der Waals surface area contributed by atoms with E-state index in [1.165, 1.54) is 6.08 Å². The molecule has 2 heterocycles. The summed E-state index contributed by atoms with van der Waals surface area (Å²) >= 11 is 6.78. The van der Waals surface area contributed by atoms with Gasteiger partial charge in [0.15, 0.2) is 0 Å². The van der Waals surface area contributed by atoms with Crippen molar-refractivity contribution >= 4 is 51.9 Å². The van der Waals surface area contributed by atoms with Crippen molar-refractivity contribution in [3.05, 3.63) is 135 Å². The highest BCUT2D eigenvalue weighted by atomic mass is 35.5. The van der Waals surface area contributed by atoms with Gasteiger partial charge in [0.05, 0.1) is 29.8 Å². The fourth-order valence-corrected chi connectivity index (χ4v) is 6.72. The topological polar surface area (TPSA) is 92.1 Å². The van der Waals surface area contributed by atoms with Gasteiger partial charge >= 0.3 is 17.8 Å². The molecule has 0 spiro atoms. The van der Waals surface area contributed by atoms with Crippen molar-refractivity contribution in [3.8, 4) is 11.1 Å². The number of hydrogen-bond acceptors (Lipinski definition) is 7. The van der Waals surface area contributed by atoms with Gasteiger partial charge in [0.1, 0.15) is 11.4 Å². The smallest absolute Gasteiger partial charge is 0.418 e. The number of amides is 1. The van der Waals surface area contributed by atoms with E-state index in [-0.39, 0.29) is 23.8 Å². The largest absolute Gasteiger partial charge is 0.463 e. The second-order valence-corrected chi connectivity index (χ2v) is 13.6. The summed E-state index contributed by atoms with van der Waals surface area (Å²) < 4.78 is 66.0. The van der Waals surface area contributed by atoms with Gasteiger partial charge in [-0.2, -0.15) is 13.2 Å². The van der Waals surface area contributed by atoms with E-state index >= 15 is 0 Å². The van der Waals surface area contributed by atoms with Crippen LogP contribution in [0.3, 0.4) is 0 Å². The third-order valence-electron chi connectivity index (χ3n) is 9.28. The zero-order valence-electron chi connectivity index (χ0n) is 29.9. The number of rotatable bonds is 12. The summed E-state index contributed by atoms with van der Waals surface area (Å²) in [6.45, 7) is 5.84. The van der Waals surface area contributed by atoms with Crippen LogP contribution in [-0.4, -0.2) is 49.6 Å². The fraction of sp³-hybridized carbons (Fsp3) is 0.262. The number of benzene rings is 4. The molecule has 0 atom stereocenters. The lowest BCUT2D eigenvalue weighted by Crippen LogP contribution is -2.46. The van der Waals surface area contributed by atoms with Crippen molar-refractivity contribution in [2.24, 2.45) is 0 Å². The Morgan fingerprint density at radius 3 is 2.45 bits per heavy atom. The number of fused-ring (bicyclic) bond motifs is 1. The molecule has 55 heavy (non-hydrogen) atoms. The molecule has 1 saturated heterocycles. The zero-order chi connectivity index (χ0) is 39.1. The Labute approximate surface area is 320 Å². The first-order chi connectivity index (χ1) is 26.4. The van der Waals surface area contributed by atoms with Crippen LogP contribution in [0.15, 0.2) is 100 Å². The van der Waals surface area contributed by atoms with Crippen LogP contribution in [0.4, 0.5) is 28.9 Å². The molecule has 0 aliphatic carbocycles. The van der Waals surface area contributed by atoms with Crippen LogP contribution < -0.4 is 15.8 Å². The number of carbonyl (C=O) groups is 2. The minimum absolute atomic E-state index is 0.120. The van der Waals surface area contributed by atoms with E-state index in [9.17, 15) is 31.9 Å². The number of piperazine rings is 1. The van der Waals surface area contributed by atoms with E-state index in [4.69, 9.17) is 20.8 Å². The quantitative estimate of drug-likeness (QED) is 0.0445. The molecule has 6 rings (SSSR count). The highest BCUT2D eigenvalue weighted by Gasteiger charge is 2.34. The van der Waals surface area contributed by atoms with E-state index in [0.29, 0.717) is 33.6 Å². The Morgan fingerprint density at radius 2 is 1.73 bits per heavy atom. The Bertz CT molecular complexity index is 2270. The van der Waals surface area contributed by atoms with Crippen molar-refractivity contribution in [1.82, 2.24) is 4.90 Å². The summed E-state index contributed by atoms with van der Waals surface area (Å²) in [6.07, 6.45) is -1.20. The zero-order valence-corrected chi connectivity index (χ0v) is 30.7. The third kappa shape index (κ3) is 9.81. The maximum Gasteiger partial charge on any atom is 0.418 e. The van der Waals surface area contributed by atoms with Crippen molar-refractivity contribution in [2.75, 3.05) is 43.0 Å². The molecule has 13 heteroatoms. The van der Waals surface area contributed by atoms with Crippen LogP contribution in [0.5, 0.6) is 0 Å². The lowest BCUT2D eigenvalue weighted by Gasteiger charge is -2.36. The molecule has 1 fully saturated rings. The first kappa shape index (κ1) is 39.2. The number of carbonyl (C=O) groups excluding carboxylic acids is 2. The molecule has 1 N–H and O–H groups in total. The van der Waals surface area contributed by atoms with Gasteiger partial charge < -0.3 is 19.4 Å². The molecular formula is C42H38ClF4N3O5. The minimum atomic E-state index is -4.96. The maximum absolute atomic E-state index is 13.8. The molecule has 0 bridgehead atoms. The van der Waals surface area contributed by atoms with Crippen LogP contribution in [0, 0.1) is 5.82 Å². The van der Waals surface area contributed by atoms with Gasteiger partial charge in [0, 0.05) is 66.5 Å². The lowest BCUT2D eigenvalue weighted by molar-refractivity contribution is -0.138. The summed E-state index contributed by atoms with van der Waals surface area (Å²) in [4.78, 5) is 44.0. The second-order valence-electron chi connectivity index (χ2n) is 13.2.